The summed E-state index contributed by atoms with van der Waals surface area (Å²) >= 11 is 0. The number of nitrogens with zero attached hydrogens (tertiary/aromatic N) is 4. The minimum atomic E-state index is -3.30. The lowest BCUT2D eigenvalue weighted by Crippen LogP contribution is -2.42. The van der Waals surface area contributed by atoms with Crippen LogP contribution in [0.4, 0.5) is 20.3 Å². The Kier molecular flexibility index (Phi) is 5.56. The van der Waals surface area contributed by atoms with Crippen LogP contribution < -0.4 is 10.2 Å². The fraction of sp³-hybridized carbons (Fsp3) is 0.500. The average molecular weight is 482 g/mol. The zero-order chi connectivity index (χ0) is 24.2. The third-order valence-electron chi connectivity index (χ3n) is 7.09. The Bertz CT molecular complexity index is 1240. The Morgan fingerprint density at radius 2 is 1.89 bits per heavy atom. The summed E-state index contributed by atoms with van der Waals surface area (Å²) in [5.41, 5.74) is 3.12. The third-order valence-corrected chi connectivity index (χ3v) is 7.09. The van der Waals surface area contributed by atoms with E-state index in [1.54, 1.807) is 6.07 Å². The summed E-state index contributed by atoms with van der Waals surface area (Å²) in [5, 5.41) is 12.9. The number of rotatable bonds is 7. The zero-order valence-electron chi connectivity index (χ0n) is 19.9. The molecule has 1 saturated carbocycles. The number of fused-ring (bicyclic) bond motifs is 3. The van der Waals surface area contributed by atoms with E-state index in [0.29, 0.717) is 24.2 Å². The van der Waals surface area contributed by atoms with E-state index in [1.807, 2.05) is 26.1 Å². The van der Waals surface area contributed by atoms with Crippen molar-refractivity contribution in [2.45, 2.75) is 70.0 Å². The first-order chi connectivity index (χ1) is 16.9. The minimum Gasteiger partial charge on any atom is -0.371 e. The molecule has 3 fully saturated rings. The molecule has 184 valence electrons. The van der Waals surface area contributed by atoms with Crippen LogP contribution in [-0.4, -0.2) is 46.6 Å². The van der Waals surface area contributed by atoms with Crippen LogP contribution in [0.1, 0.15) is 55.5 Å². The molecule has 0 amide bonds. The van der Waals surface area contributed by atoms with Gasteiger partial charge in [-0.1, -0.05) is 18.2 Å². The molecule has 6 rings (SSSR count). The molecule has 1 aliphatic carbocycles. The molecule has 4 heterocycles. The molecule has 1 N–H and O–H groups in total. The highest BCUT2D eigenvalue weighted by atomic mass is 19.3. The van der Waals surface area contributed by atoms with Gasteiger partial charge in [-0.2, -0.15) is 13.9 Å². The Morgan fingerprint density at radius 3 is 2.63 bits per heavy atom. The molecule has 2 aromatic heterocycles. The van der Waals surface area contributed by atoms with Crippen LogP contribution in [0.15, 0.2) is 36.5 Å². The number of aryl methyl sites for hydroxylation is 1. The summed E-state index contributed by atoms with van der Waals surface area (Å²) in [6, 6.07) is 8.18. The van der Waals surface area contributed by atoms with Gasteiger partial charge in [0.25, 0.3) is 0 Å². The number of pyridine rings is 1. The van der Waals surface area contributed by atoms with Gasteiger partial charge in [0.2, 0.25) is 0 Å². The molecule has 0 spiro atoms. The van der Waals surface area contributed by atoms with Gasteiger partial charge in [0.05, 0.1) is 53.0 Å². The van der Waals surface area contributed by atoms with Crippen molar-refractivity contribution < 1.29 is 18.3 Å². The highest BCUT2D eigenvalue weighted by molar-refractivity contribution is 5.92. The van der Waals surface area contributed by atoms with Crippen LogP contribution >= 0.6 is 0 Å². The van der Waals surface area contributed by atoms with Crippen LogP contribution in [0.2, 0.25) is 0 Å². The zero-order valence-corrected chi connectivity index (χ0v) is 19.9. The minimum absolute atomic E-state index is 0.138. The van der Waals surface area contributed by atoms with Gasteiger partial charge < -0.3 is 19.7 Å². The molecule has 1 aromatic carbocycles. The van der Waals surface area contributed by atoms with Gasteiger partial charge in [-0.3, -0.25) is 4.98 Å². The molecular formula is C26H29F2N5O2. The van der Waals surface area contributed by atoms with Gasteiger partial charge in [-0.25, -0.2) is 0 Å². The number of halogens is 2. The number of aromatic nitrogens is 3. The Labute approximate surface area is 202 Å². The smallest absolute Gasteiger partial charge is 0.371 e. The second-order valence-corrected chi connectivity index (χ2v) is 9.91. The van der Waals surface area contributed by atoms with Crippen LogP contribution in [-0.2, 0) is 15.6 Å². The van der Waals surface area contributed by atoms with Crippen LogP contribution in [0.3, 0.4) is 0 Å². The fourth-order valence-corrected chi connectivity index (χ4v) is 4.99. The topological polar surface area (TPSA) is 72.4 Å². The van der Waals surface area contributed by atoms with E-state index in [2.05, 4.69) is 26.5 Å². The average Bonchev–Trinajstić information content (AvgIpc) is 3.61. The molecule has 35 heavy (non-hydrogen) atoms. The molecule has 3 atom stereocenters. The number of morpholine rings is 1. The summed E-state index contributed by atoms with van der Waals surface area (Å²) < 4.78 is 40.1. The van der Waals surface area contributed by atoms with Gasteiger partial charge in [0.1, 0.15) is 0 Å². The highest BCUT2D eigenvalue weighted by Crippen LogP contribution is 2.38. The van der Waals surface area contributed by atoms with Crippen molar-refractivity contribution in [3.63, 3.8) is 0 Å². The lowest BCUT2D eigenvalue weighted by atomic mass is 10.0. The quantitative estimate of drug-likeness (QED) is 0.503. The van der Waals surface area contributed by atoms with Crippen molar-refractivity contribution in [1.29, 1.82) is 0 Å². The van der Waals surface area contributed by atoms with E-state index >= 15 is 0 Å². The second-order valence-electron chi connectivity index (χ2n) is 9.91. The number of hydrogen-bond donors (Lipinski definition) is 1. The number of alkyl halides is 2. The van der Waals surface area contributed by atoms with Crippen molar-refractivity contribution in [3.8, 4) is 0 Å². The summed E-state index contributed by atoms with van der Waals surface area (Å²) in [6.07, 6.45) is 2.36. The van der Waals surface area contributed by atoms with Gasteiger partial charge in [0.15, 0.2) is 5.82 Å². The van der Waals surface area contributed by atoms with Gasteiger partial charge in [-0.15, -0.1) is 5.10 Å². The van der Waals surface area contributed by atoms with E-state index in [-0.39, 0.29) is 29.9 Å². The summed E-state index contributed by atoms with van der Waals surface area (Å²) in [4.78, 5) is 7.03. The lowest BCUT2D eigenvalue weighted by Gasteiger charge is -2.33. The van der Waals surface area contributed by atoms with E-state index in [4.69, 9.17) is 14.5 Å². The van der Waals surface area contributed by atoms with Crippen LogP contribution in [0.25, 0.3) is 10.9 Å². The molecule has 2 bridgehead atoms. The summed E-state index contributed by atoms with van der Waals surface area (Å²) in [6.45, 7) is 5.51. The van der Waals surface area contributed by atoms with E-state index < -0.39 is 6.11 Å². The monoisotopic (exact) mass is 481 g/mol. The molecule has 9 heteroatoms. The SMILES string of the molecule is Cc1nnc(N[C@H](C)c2cccc(C(F)(F)OC3CC3)c2)c2cc(N3CC4CCC(C3)O4)cnc12. The largest absolute Gasteiger partial charge is 0.383 e. The number of ether oxygens (including phenoxy) is 2. The van der Waals surface area contributed by atoms with Crippen LogP contribution in [0.5, 0.6) is 0 Å². The number of benzene rings is 1. The third kappa shape index (κ3) is 4.54. The normalized spacial score (nSPS) is 23.0. The van der Waals surface area contributed by atoms with E-state index in [1.165, 1.54) is 12.1 Å². The summed E-state index contributed by atoms with van der Waals surface area (Å²) in [7, 11) is 0. The first-order valence-corrected chi connectivity index (χ1v) is 12.3. The molecule has 2 aliphatic heterocycles. The van der Waals surface area contributed by atoms with Crippen molar-refractivity contribution in [2.75, 3.05) is 23.3 Å². The second kappa shape index (κ2) is 8.64. The molecular weight excluding hydrogens is 452 g/mol. The summed E-state index contributed by atoms with van der Waals surface area (Å²) in [5.74, 6) is 0.579. The number of nitrogens with one attached hydrogen (secondary N) is 1. The highest BCUT2D eigenvalue weighted by Gasteiger charge is 2.40. The van der Waals surface area contributed by atoms with Gasteiger partial charge >= 0.3 is 6.11 Å². The molecule has 0 radical (unpaired) electrons. The maximum Gasteiger partial charge on any atom is 0.383 e. The van der Waals surface area contributed by atoms with Crippen molar-refractivity contribution in [1.82, 2.24) is 15.2 Å². The van der Waals surface area contributed by atoms with Gasteiger partial charge in [0, 0.05) is 18.5 Å². The number of hydrogen-bond acceptors (Lipinski definition) is 7. The molecule has 3 aromatic rings. The van der Waals surface area contributed by atoms with Crippen molar-refractivity contribution >= 4 is 22.4 Å². The van der Waals surface area contributed by atoms with E-state index in [9.17, 15) is 8.78 Å². The number of anilines is 2. The Balaban J connectivity index is 1.28. The first-order valence-electron chi connectivity index (χ1n) is 12.3. The predicted octanol–water partition coefficient (Wildman–Crippen LogP) is 5.10. The van der Waals surface area contributed by atoms with E-state index in [0.717, 1.165) is 48.2 Å². The molecule has 2 unspecified atom stereocenters. The van der Waals surface area contributed by atoms with Crippen LogP contribution in [0, 0.1) is 6.92 Å². The predicted molar refractivity (Wildman–Crippen MR) is 129 cm³/mol. The van der Waals surface area contributed by atoms with Crippen molar-refractivity contribution in [2.24, 2.45) is 0 Å². The van der Waals surface area contributed by atoms with Crippen molar-refractivity contribution in [3.05, 3.63) is 53.3 Å². The fourth-order valence-electron chi connectivity index (χ4n) is 4.99. The lowest BCUT2D eigenvalue weighted by molar-refractivity contribution is -0.255. The Morgan fingerprint density at radius 1 is 1.11 bits per heavy atom. The maximum absolute atomic E-state index is 14.6. The van der Waals surface area contributed by atoms with Gasteiger partial charge in [-0.05, 0) is 57.2 Å². The molecule has 3 aliphatic rings. The first kappa shape index (κ1) is 22.5. The standard InChI is InChI=1S/C26H29F2N5O2/c1-15(17-4-3-5-18(10-17)26(27,28)35-20-6-7-20)30-25-23-11-19(12-29-24(23)16(2)31-32-25)33-13-21-8-9-22(14-33)34-21/h3-5,10-12,15,20-22H,6-9,13-14H2,1-2H3,(H,30,32)/t15-,21?,22?/m1/s1. The molecule has 7 nitrogen and oxygen atoms in total. The Hall–Kier alpha value is -2.91. The molecule has 2 saturated heterocycles. The maximum atomic E-state index is 14.6.